The van der Waals surface area contributed by atoms with Crippen molar-refractivity contribution in [2.45, 2.75) is 45.1 Å². The molecule has 4 heteroatoms. The van der Waals surface area contributed by atoms with Gasteiger partial charge in [0.15, 0.2) is 0 Å². The molecule has 0 bridgehead atoms. The lowest BCUT2D eigenvalue weighted by molar-refractivity contribution is 0.0954. The molecule has 0 aromatic heterocycles. The molecule has 2 fully saturated rings. The third-order valence-electron chi connectivity index (χ3n) is 6.18. The highest BCUT2D eigenvalue weighted by Crippen LogP contribution is 2.20. The maximum absolute atomic E-state index is 12.4. The van der Waals surface area contributed by atoms with Crippen LogP contribution in [0.15, 0.2) is 48.5 Å². The molecule has 29 heavy (non-hydrogen) atoms. The van der Waals surface area contributed by atoms with Crippen molar-refractivity contribution in [2.24, 2.45) is 0 Å². The molecule has 0 unspecified atom stereocenters. The Morgan fingerprint density at radius 3 is 2.07 bits per heavy atom. The number of rotatable bonds is 7. The van der Waals surface area contributed by atoms with Crippen LogP contribution in [-0.4, -0.2) is 43.5 Å². The van der Waals surface area contributed by atoms with Gasteiger partial charge in [0.1, 0.15) is 0 Å². The lowest BCUT2D eigenvalue weighted by atomic mass is 10.1. The highest BCUT2D eigenvalue weighted by atomic mass is 16.1. The maximum atomic E-state index is 12.4. The SMILES string of the molecule is O=C(NCCc1ccc(CN2CCCC2)cc1)c1ccc(N2CCCCC2)cc1. The predicted molar refractivity (Wildman–Crippen MR) is 119 cm³/mol. The summed E-state index contributed by atoms with van der Waals surface area (Å²) in [5.41, 5.74) is 4.63. The number of nitrogens with one attached hydrogen (secondary N) is 1. The van der Waals surface area contributed by atoms with Crippen LogP contribution in [0.2, 0.25) is 0 Å². The summed E-state index contributed by atoms with van der Waals surface area (Å²) in [5.74, 6) is 0.0147. The van der Waals surface area contributed by atoms with Crippen LogP contribution in [0.25, 0.3) is 0 Å². The molecule has 0 aliphatic carbocycles. The number of hydrogen-bond donors (Lipinski definition) is 1. The monoisotopic (exact) mass is 391 g/mol. The fourth-order valence-electron chi connectivity index (χ4n) is 4.41. The molecular weight excluding hydrogens is 358 g/mol. The molecule has 2 aliphatic heterocycles. The van der Waals surface area contributed by atoms with E-state index in [1.165, 1.54) is 62.0 Å². The zero-order chi connectivity index (χ0) is 19.9. The van der Waals surface area contributed by atoms with Gasteiger partial charge in [0.2, 0.25) is 0 Å². The summed E-state index contributed by atoms with van der Waals surface area (Å²) in [6.07, 6.45) is 7.39. The van der Waals surface area contributed by atoms with Crippen LogP contribution in [-0.2, 0) is 13.0 Å². The number of benzene rings is 2. The van der Waals surface area contributed by atoms with Gasteiger partial charge >= 0.3 is 0 Å². The van der Waals surface area contributed by atoms with Gasteiger partial charge in [0.05, 0.1) is 0 Å². The summed E-state index contributed by atoms with van der Waals surface area (Å²) < 4.78 is 0. The Morgan fingerprint density at radius 1 is 0.759 bits per heavy atom. The van der Waals surface area contributed by atoms with Crippen molar-refractivity contribution >= 4 is 11.6 Å². The van der Waals surface area contributed by atoms with Gasteiger partial charge in [-0.1, -0.05) is 24.3 Å². The molecule has 1 N–H and O–H groups in total. The van der Waals surface area contributed by atoms with Crippen molar-refractivity contribution in [3.05, 3.63) is 65.2 Å². The fourth-order valence-corrected chi connectivity index (χ4v) is 4.41. The summed E-state index contributed by atoms with van der Waals surface area (Å²) in [6.45, 7) is 6.44. The van der Waals surface area contributed by atoms with E-state index in [-0.39, 0.29) is 5.91 Å². The molecule has 154 valence electrons. The quantitative estimate of drug-likeness (QED) is 0.767. The first-order valence-corrected chi connectivity index (χ1v) is 11.2. The first-order valence-electron chi connectivity index (χ1n) is 11.2. The van der Waals surface area contributed by atoms with E-state index < -0.39 is 0 Å². The Kier molecular flexibility index (Phi) is 6.83. The summed E-state index contributed by atoms with van der Waals surface area (Å²) in [7, 11) is 0. The van der Waals surface area contributed by atoms with E-state index in [4.69, 9.17) is 0 Å². The van der Waals surface area contributed by atoms with Gasteiger partial charge in [-0.05, 0) is 87.0 Å². The number of piperidine rings is 1. The topological polar surface area (TPSA) is 35.6 Å². The van der Waals surface area contributed by atoms with Crippen LogP contribution in [0.5, 0.6) is 0 Å². The van der Waals surface area contributed by atoms with E-state index >= 15 is 0 Å². The lowest BCUT2D eigenvalue weighted by Crippen LogP contribution is -2.29. The second-order valence-corrected chi connectivity index (χ2v) is 8.40. The summed E-state index contributed by atoms with van der Waals surface area (Å²) in [5, 5.41) is 3.06. The van der Waals surface area contributed by atoms with E-state index in [2.05, 4.69) is 51.5 Å². The summed E-state index contributed by atoms with van der Waals surface area (Å²) in [4.78, 5) is 17.4. The summed E-state index contributed by atoms with van der Waals surface area (Å²) in [6, 6.07) is 16.9. The van der Waals surface area contributed by atoms with Crippen LogP contribution in [0.4, 0.5) is 5.69 Å². The molecule has 0 spiro atoms. The van der Waals surface area contributed by atoms with Gasteiger partial charge < -0.3 is 10.2 Å². The number of carbonyl (C=O) groups excluding carboxylic acids is 1. The molecule has 0 saturated carbocycles. The maximum Gasteiger partial charge on any atom is 0.251 e. The Bertz CT molecular complexity index is 773. The van der Waals surface area contributed by atoms with Crippen molar-refractivity contribution in [1.82, 2.24) is 10.2 Å². The largest absolute Gasteiger partial charge is 0.372 e. The zero-order valence-corrected chi connectivity index (χ0v) is 17.4. The Labute approximate surface area is 174 Å². The molecule has 2 aromatic carbocycles. The number of hydrogen-bond acceptors (Lipinski definition) is 3. The van der Waals surface area contributed by atoms with Crippen molar-refractivity contribution in [3.63, 3.8) is 0 Å². The first-order chi connectivity index (χ1) is 14.3. The van der Waals surface area contributed by atoms with Gasteiger partial charge in [-0.25, -0.2) is 0 Å². The number of carbonyl (C=O) groups is 1. The number of nitrogens with zero attached hydrogens (tertiary/aromatic N) is 2. The van der Waals surface area contributed by atoms with E-state index in [1.807, 2.05) is 12.1 Å². The Balaban J connectivity index is 1.22. The molecule has 0 atom stereocenters. The average molecular weight is 392 g/mol. The first kappa shape index (κ1) is 20.0. The number of likely N-dealkylation sites (tertiary alicyclic amines) is 1. The van der Waals surface area contributed by atoms with E-state index in [1.54, 1.807) is 0 Å². The highest BCUT2D eigenvalue weighted by molar-refractivity contribution is 5.94. The highest BCUT2D eigenvalue weighted by Gasteiger charge is 2.13. The van der Waals surface area contributed by atoms with Gasteiger partial charge in [-0.3, -0.25) is 9.69 Å². The van der Waals surface area contributed by atoms with Crippen LogP contribution in [0.3, 0.4) is 0 Å². The van der Waals surface area contributed by atoms with Gasteiger partial charge in [0.25, 0.3) is 5.91 Å². The fraction of sp³-hybridized carbons (Fsp3) is 0.480. The van der Waals surface area contributed by atoms with Gasteiger partial charge in [0, 0.05) is 37.4 Å². The van der Waals surface area contributed by atoms with E-state index in [0.29, 0.717) is 6.54 Å². The summed E-state index contributed by atoms with van der Waals surface area (Å²) >= 11 is 0. The molecule has 2 heterocycles. The minimum atomic E-state index is 0.0147. The van der Waals surface area contributed by atoms with Crippen LogP contribution >= 0.6 is 0 Å². The number of anilines is 1. The molecule has 1 amide bonds. The Hall–Kier alpha value is -2.33. The third kappa shape index (κ3) is 5.60. The molecule has 2 aliphatic rings. The molecule has 4 nitrogen and oxygen atoms in total. The standard InChI is InChI=1S/C25H33N3O/c29-25(23-10-12-24(13-11-23)28-18-2-1-3-19-28)26-15-14-21-6-8-22(9-7-21)20-27-16-4-5-17-27/h6-13H,1-5,14-20H2,(H,26,29). The second kappa shape index (κ2) is 9.93. The third-order valence-corrected chi connectivity index (χ3v) is 6.18. The predicted octanol–water partition coefficient (Wildman–Crippen LogP) is 4.25. The lowest BCUT2D eigenvalue weighted by Gasteiger charge is -2.28. The normalized spacial score (nSPS) is 17.4. The van der Waals surface area contributed by atoms with E-state index in [9.17, 15) is 4.79 Å². The van der Waals surface area contributed by atoms with Gasteiger partial charge in [-0.2, -0.15) is 0 Å². The molecular formula is C25H33N3O. The van der Waals surface area contributed by atoms with E-state index in [0.717, 1.165) is 31.6 Å². The number of amides is 1. The molecule has 4 rings (SSSR count). The van der Waals surface area contributed by atoms with Crippen LogP contribution in [0, 0.1) is 0 Å². The molecule has 2 aromatic rings. The van der Waals surface area contributed by atoms with Crippen LogP contribution < -0.4 is 10.2 Å². The zero-order valence-electron chi connectivity index (χ0n) is 17.4. The van der Waals surface area contributed by atoms with Crippen LogP contribution in [0.1, 0.15) is 53.6 Å². The van der Waals surface area contributed by atoms with Crippen molar-refractivity contribution < 1.29 is 4.79 Å². The van der Waals surface area contributed by atoms with Crippen molar-refractivity contribution in [3.8, 4) is 0 Å². The molecule has 0 radical (unpaired) electrons. The average Bonchev–Trinajstić information content (AvgIpc) is 3.29. The second-order valence-electron chi connectivity index (χ2n) is 8.40. The van der Waals surface area contributed by atoms with Gasteiger partial charge in [-0.15, -0.1) is 0 Å². The molecule has 2 saturated heterocycles. The van der Waals surface area contributed by atoms with Crippen molar-refractivity contribution in [1.29, 1.82) is 0 Å². The minimum Gasteiger partial charge on any atom is -0.372 e. The minimum absolute atomic E-state index is 0.0147. The Morgan fingerprint density at radius 2 is 1.38 bits per heavy atom. The van der Waals surface area contributed by atoms with Crippen molar-refractivity contribution in [2.75, 3.05) is 37.6 Å². The smallest absolute Gasteiger partial charge is 0.251 e.